The fourth-order valence-corrected chi connectivity index (χ4v) is 2.48. The minimum atomic E-state index is -1.04. The SMILES string of the molecule is Cc1ccc(C)c(C(=O)N(C)C2CCC2)c1C(=O)O. The highest BCUT2D eigenvalue weighted by Crippen LogP contribution is 2.27. The summed E-state index contributed by atoms with van der Waals surface area (Å²) in [5.41, 5.74) is 1.82. The van der Waals surface area contributed by atoms with Gasteiger partial charge in [-0.05, 0) is 44.2 Å². The number of carbonyl (C=O) groups is 2. The highest BCUT2D eigenvalue weighted by molar-refractivity contribution is 6.06. The lowest BCUT2D eigenvalue weighted by Gasteiger charge is -2.35. The Morgan fingerprint density at radius 1 is 1.16 bits per heavy atom. The lowest BCUT2D eigenvalue weighted by molar-refractivity contribution is 0.0625. The van der Waals surface area contributed by atoms with Gasteiger partial charge in [-0.25, -0.2) is 4.79 Å². The molecular formula is C15H19NO3. The highest BCUT2D eigenvalue weighted by Gasteiger charge is 2.30. The molecule has 19 heavy (non-hydrogen) atoms. The van der Waals surface area contributed by atoms with Crippen molar-refractivity contribution in [2.24, 2.45) is 0 Å². The van der Waals surface area contributed by atoms with E-state index < -0.39 is 5.97 Å². The van der Waals surface area contributed by atoms with Crippen molar-refractivity contribution in [3.05, 3.63) is 34.4 Å². The summed E-state index contributed by atoms with van der Waals surface area (Å²) in [6, 6.07) is 3.82. The van der Waals surface area contributed by atoms with Gasteiger partial charge in [0.1, 0.15) is 0 Å². The van der Waals surface area contributed by atoms with E-state index in [0.717, 1.165) is 24.8 Å². The predicted molar refractivity (Wildman–Crippen MR) is 72.6 cm³/mol. The van der Waals surface area contributed by atoms with Gasteiger partial charge in [-0.15, -0.1) is 0 Å². The first-order valence-electron chi connectivity index (χ1n) is 6.54. The topological polar surface area (TPSA) is 57.6 Å². The maximum absolute atomic E-state index is 12.5. The van der Waals surface area contributed by atoms with Gasteiger partial charge in [0.2, 0.25) is 0 Å². The fraction of sp³-hybridized carbons (Fsp3) is 0.467. The number of rotatable bonds is 3. The molecule has 102 valence electrons. The van der Waals surface area contributed by atoms with E-state index in [4.69, 9.17) is 0 Å². The van der Waals surface area contributed by atoms with Gasteiger partial charge in [0.15, 0.2) is 0 Å². The monoisotopic (exact) mass is 261 g/mol. The number of aryl methyl sites for hydroxylation is 2. The van der Waals surface area contributed by atoms with Crippen LogP contribution in [0.15, 0.2) is 12.1 Å². The van der Waals surface area contributed by atoms with Crippen LogP contribution in [0.4, 0.5) is 0 Å². The third kappa shape index (κ3) is 2.35. The average molecular weight is 261 g/mol. The summed E-state index contributed by atoms with van der Waals surface area (Å²) in [6.45, 7) is 3.51. The molecule has 0 bridgehead atoms. The molecule has 1 aromatic rings. The van der Waals surface area contributed by atoms with Gasteiger partial charge >= 0.3 is 5.97 Å². The Hall–Kier alpha value is -1.84. The molecule has 4 heteroatoms. The van der Waals surface area contributed by atoms with Crippen molar-refractivity contribution in [1.82, 2.24) is 4.90 Å². The van der Waals surface area contributed by atoms with E-state index in [1.54, 1.807) is 31.9 Å². The molecule has 1 aliphatic rings. The average Bonchev–Trinajstić information content (AvgIpc) is 2.28. The zero-order valence-electron chi connectivity index (χ0n) is 11.6. The number of carboxylic acids is 1. The van der Waals surface area contributed by atoms with Crippen molar-refractivity contribution in [1.29, 1.82) is 0 Å². The van der Waals surface area contributed by atoms with Crippen LogP contribution in [0.1, 0.15) is 51.1 Å². The summed E-state index contributed by atoms with van der Waals surface area (Å²) in [5.74, 6) is -1.21. The Labute approximate surface area is 113 Å². The summed E-state index contributed by atoms with van der Waals surface area (Å²) < 4.78 is 0. The highest BCUT2D eigenvalue weighted by atomic mass is 16.4. The van der Waals surface area contributed by atoms with E-state index in [0.29, 0.717) is 11.1 Å². The standard InChI is InChI=1S/C15H19NO3/c1-9-7-8-10(2)13(15(18)19)12(9)14(17)16(3)11-5-4-6-11/h7-8,11H,4-6H2,1-3H3,(H,18,19). The number of amides is 1. The molecule has 1 amide bonds. The molecule has 0 aromatic heterocycles. The first kappa shape index (κ1) is 13.6. The van der Waals surface area contributed by atoms with E-state index >= 15 is 0 Å². The van der Waals surface area contributed by atoms with Crippen molar-refractivity contribution in [3.63, 3.8) is 0 Å². The smallest absolute Gasteiger partial charge is 0.336 e. The largest absolute Gasteiger partial charge is 0.478 e. The first-order chi connectivity index (χ1) is 8.93. The molecule has 2 rings (SSSR count). The van der Waals surface area contributed by atoms with Crippen LogP contribution in [0.25, 0.3) is 0 Å². The van der Waals surface area contributed by atoms with Crippen LogP contribution in [0.2, 0.25) is 0 Å². The number of hydrogen-bond donors (Lipinski definition) is 1. The molecule has 0 saturated heterocycles. The van der Waals surface area contributed by atoms with Crippen LogP contribution in [0.3, 0.4) is 0 Å². The number of hydrogen-bond acceptors (Lipinski definition) is 2. The molecule has 1 aromatic carbocycles. The van der Waals surface area contributed by atoms with E-state index in [9.17, 15) is 14.7 Å². The fourth-order valence-electron chi connectivity index (χ4n) is 2.48. The van der Waals surface area contributed by atoms with Crippen LogP contribution in [-0.4, -0.2) is 35.0 Å². The van der Waals surface area contributed by atoms with Crippen LogP contribution in [0.5, 0.6) is 0 Å². The van der Waals surface area contributed by atoms with Crippen molar-refractivity contribution in [2.45, 2.75) is 39.2 Å². The summed E-state index contributed by atoms with van der Waals surface area (Å²) in [6.07, 6.45) is 3.16. The molecule has 0 atom stereocenters. The van der Waals surface area contributed by atoms with Gasteiger partial charge in [0.25, 0.3) is 5.91 Å². The molecule has 1 aliphatic carbocycles. The minimum Gasteiger partial charge on any atom is -0.478 e. The molecule has 0 radical (unpaired) electrons. The second-order valence-electron chi connectivity index (χ2n) is 5.26. The molecular weight excluding hydrogens is 242 g/mol. The third-order valence-electron chi connectivity index (χ3n) is 3.99. The van der Waals surface area contributed by atoms with Crippen molar-refractivity contribution < 1.29 is 14.7 Å². The summed E-state index contributed by atoms with van der Waals surface area (Å²) in [5, 5.41) is 9.34. The maximum atomic E-state index is 12.5. The Bertz CT molecular complexity index is 532. The predicted octanol–water partition coefficient (Wildman–Crippen LogP) is 2.63. The zero-order valence-corrected chi connectivity index (χ0v) is 11.6. The van der Waals surface area contributed by atoms with Crippen LogP contribution in [-0.2, 0) is 0 Å². The summed E-state index contributed by atoms with van der Waals surface area (Å²) in [4.78, 5) is 25.6. The Morgan fingerprint density at radius 2 is 1.68 bits per heavy atom. The van der Waals surface area contributed by atoms with Crippen LogP contribution in [0, 0.1) is 13.8 Å². The molecule has 0 spiro atoms. The number of carboxylic acid groups (broad SMARTS) is 1. The van der Waals surface area contributed by atoms with Crippen LogP contribution < -0.4 is 0 Å². The van der Waals surface area contributed by atoms with Crippen LogP contribution >= 0.6 is 0 Å². The number of nitrogens with zero attached hydrogens (tertiary/aromatic N) is 1. The Balaban J connectivity index is 2.45. The van der Waals surface area contributed by atoms with Gasteiger partial charge < -0.3 is 10.0 Å². The lowest BCUT2D eigenvalue weighted by Crippen LogP contribution is -2.42. The lowest BCUT2D eigenvalue weighted by atomic mass is 9.90. The molecule has 0 unspecified atom stereocenters. The van der Waals surface area contributed by atoms with Crippen molar-refractivity contribution in [3.8, 4) is 0 Å². The molecule has 0 aliphatic heterocycles. The van der Waals surface area contributed by atoms with Crippen molar-refractivity contribution >= 4 is 11.9 Å². The Kier molecular flexibility index (Phi) is 3.60. The van der Waals surface area contributed by atoms with Gasteiger partial charge in [-0.3, -0.25) is 4.79 Å². The van der Waals surface area contributed by atoms with Crippen molar-refractivity contribution in [2.75, 3.05) is 7.05 Å². The van der Waals surface area contributed by atoms with E-state index in [2.05, 4.69) is 0 Å². The number of aromatic carboxylic acids is 1. The zero-order chi connectivity index (χ0) is 14.2. The molecule has 4 nitrogen and oxygen atoms in total. The van der Waals surface area contributed by atoms with E-state index in [-0.39, 0.29) is 17.5 Å². The first-order valence-corrected chi connectivity index (χ1v) is 6.54. The van der Waals surface area contributed by atoms with E-state index in [1.165, 1.54) is 0 Å². The number of carbonyl (C=O) groups excluding carboxylic acids is 1. The third-order valence-corrected chi connectivity index (χ3v) is 3.99. The molecule has 1 saturated carbocycles. The minimum absolute atomic E-state index is 0.135. The molecule has 1 N–H and O–H groups in total. The quantitative estimate of drug-likeness (QED) is 0.910. The van der Waals surface area contributed by atoms with Gasteiger partial charge in [0.05, 0.1) is 11.1 Å². The molecule has 0 heterocycles. The van der Waals surface area contributed by atoms with Gasteiger partial charge in [-0.2, -0.15) is 0 Å². The maximum Gasteiger partial charge on any atom is 0.336 e. The van der Waals surface area contributed by atoms with Gasteiger partial charge in [-0.1, -0.05) is 12.1 Å². The number of benzene rings is 1. The van der Waals surface area contributed by atoms with Gasteiger partial charge in [0, 0.05) is 13.1 Å². The second-order valence-corrected chi connectivity index (χ2v) is 5.26. The van der Waals surface area contributed by atoms with E-state index in [1.807, 2.05) is 6.07 Å². The Morgan fingerprint density at radius 3 is 2.11 bits per heavy atom. The second kappa shape index (κ2) is 5.03. The molecule has 1 fully saturated rings. The summed E-state index contributed by atoms with van der Waals surface area (Å²) in [7, 11) is 1.76. The normalized spacial score (nSPS) is 14.9. The summed E-state index contributed by atoms with van der Waals surface area (Å²) >= 11 is 0.